The molecule has 17 heavy (non-hydrogen) atoms. The molecule has 0 aromatic heterocycles. The largest absolute Gasteiger partial charge is 0.396 e. The summed E-state index contributed by atoms with van der Waals surface area (Å²) in [6.45, 7) is 6.69. The minimum Gasteiger partial charge on any atom is -0.396 e. The molecule has 1 unspecified atom stereocenters. The number of hydrogen-bond acceptors (Lipinski definition) is 4. The maximum absolute atomic E-state index is 11.3. The van der Waals surface area contributed by atoms with Crippen LogP contribution in [0.25, 0.3) is 0 Å². The van der Waals surface area contributed by atoms with Crippen molar-refractivity contribution in [3.63, 3.8) is 0 Å². The molecule has 1 atom stereocenters. The van der Waals surface area contributed by atoms with Crippen LogP contribution in [0.1, 0.15) is 26.7 Å². The Bertz CT molecular complexity index is 206. The van der Waals surface area contributed by atoms with Crippen molar-refractivity contribution in [1.82, 2.24) is 10.6 Å². The van der Waals surface area contributed by atoms with E-state index < -0.39 is 0 Å². The average Bonchev–Trinajstić information content (AvgIpc) is 2.35. The second kappa shape index (κ2) is 9.39. The molecule has 5 nitrogen and oxygen atoms in total. The topological polar surface area (TPSA) is 70.6 Å². The normalized spacial score (nSPS) is 14.4. The van der Waals surface area contributed by atoms with Gasteiger partial charge in [0.2, 0.25) is 5.91 Å². The van der Waals surface area contributed by atoms with Crippen molar-refractivity contribution in [2.24, 2.45) is 5.41 Å². The molecule has 0 aromatic carbocycles. The van der Waals surface area contributed by atoms with Gasteiger partial charge in [0.1, 0.15) is 0 Å². The van der Waals surface area contributed by atoms with E-state index in [4.69, 9.17) is 4.74 Å². The van der Waals surface area contributed by atoms with Gasteiger partial charge in [-0.3, -0.25) is 4.79 Å². The Morgan fingerprint density at radius 3 is 2.65 bits per heavy atom. The first-order valence-electron chi connectivity index (χ1n) is 6.15. The third-order valence-electron chi connectivity index (χ3n) is 2.94. The van der Waals surface area contributed by atoms with E-state index in [0.717, 1.165) is 13.0 Å². The van der Waals surface area contributed by atoms with Crippen LogP contribution in [-0.2, 0) is 9.53 Å². The standard InChI is InChI=1S/C12H26N2O3/c1-4-12(2,10-15)9-13-6-5-11(16)14-7-8-17-3/h13,15H,4-10H2,1-3H3,(H,14,16). The van der Waals surface area contributed by atoms with Gasteiger partial charge >= 0.3 is 0 Å². The van der Waals surface area contributed by atoms with Crippen molar-refractivity contribution >= 4 is 5.91 Å². The summed E-state index contributed by atoms with van der Waals surface area (Å²) < 4.78 is 4.83. The number of aliphatic hydroxyl groups excluding tert-OH is 1. The molecule has 1 amide bonds. The molecule has 5 heteroatoms. The van der Waals surface area contributed by atoms with Gasteiger partial charge in [0.25, 0.3) is 0 Å². The second-order valence-electron chi connectivity index (χ2n) is 4.59. The van der Waals surface area contributed by atoms with Gasteiger partial charge in [0.15, 0.2) is 0 Å². The fourth-order valence-electron chi connectivity index (χ4n) is 1.27. The molecule has 102 valence electrons. The van der Waals surface area contributed by atoms with Crippen LogP contribution in [0.3, 0.4) is 0 Å². The van der Waals surface area contributed by atoms with Gasteiger partial charge in [-0.1, -0.05) is 13.8 Å². The number of rotatable bonds is 10. The van der Waals surface area contributed by atoms with Crippen LogP contribution >= 0.6 is 0 Å². The minimum absolute atomic E-state index is 0.0248. The Kier molecular flexibility index (Phi) is 9.03. The molecule has 3 N–H and O–H groups in total. The molecule has 0 saturated carbocycles. The summed E-state index contributed by atoms with van der Waals surface area (Å²) >= 11 is 0. The van der Waals surface area contributed by atoms with Crippen LogP contribution in [-0.4, -0.2) is 51.0 Å². The van der Waals surface area contributed by atoms with E-state index in [9.17, 15) is 9.90 Å². The number of carbonyl (C=O) groups is 1. The lowest BCUT2D eigenvalue weighted by Gasteiger charge is -2.25. The predicted octanol–water partition coefficient (Wildman–Crippen LogP) is 0.137. The third-order valence-corrected chi connectivity index (χ3v) is 2.94. The van der Waals surface area contributed by atoms with Crippen molar-refractivity contribution in [3.8, 4) is 0 Å². The Morgan fingerprint density at radius 2 is 2.12 bits per heavy atom. The second-order valence-corrected chi connectivity index (χ2v) is 4.59. The Labute approximate surface area is 104 Å². The van der Waals surface area contributed by atoms with Crippen LogP contribution < -0.4 is 10.6 Å². The van der Waals surface area contributed by atoms with Crippen molar-refractivity contribution in [1.29, 1.82) is 0 Å². The van der Waals surface area contributed by atoms with Crippen molar-refractivity contribution in [2.45, 2.75) is 26.7 Å². The van der Waals surface area contributed by atoms with E-state index in [1.54, 1.807) is 7.11 Å². The number of nitrogens with one attached hydrogen (secondary N) is 2. The molecule has 0 heterocycles. The van der Waals surface area contributed by atoms with Gasteiger partial charge < -0.3 is 20.5 Å². The lowest BCUT2D eigenvalue weighted by atomic mass is 9.89. The molecule has 0 rings (SSSR count). The quantitative estimate of drug-likeness (QED) is 0.479. The van der Waals surface area contributed by atoms with Crippen molar-refractivity contribution < 1.29 is 14.6 Å². The van der Waals surface area contributed by atoms with Crippen LogP contribution in [0.15, 0.2) is 0 Å². The van der Waals surface area contributed by atoms with E-state index in [-0.39, 0.29) is 17.9 Å². The summed E-state index contributed by atoms with van der Waals surface area (Å²) in [5, 5.41) is 15.2. The summed E-state index contributed by atoms with van der Waals surface area (Å²) in [4.78, 5) is 11.3. The Balaban J connectivity index is 3.53. The monoisotopic (exact) mass is 246 g/mol. The first-order chi connectivity index (χ1) is 8.08. The maximum atomic E-state index is 11.3. The summed E-state index contributed by atoms with van der Waals surface area (Å²) in [5.74, 6) is 0.0248. The highest BCUT2D eigenvalue weighted by atomic mass is 16.5. The van der Waals surface area contributed by atoms with Gasteiger partial charge in [-0.2, -0.15) is 0 Å². The highest BCUT2D eigenvalue weighted by Crippen LogP contribution is 2.17. The molecule has 0 aliphatic carbocycles. The van der Waals surface area contributed by atoms with E-state index >= 15 is 0 Å². The fourth-order valence-corrected chi connectivity index (χ4v) is 1.27. The smallest absolute Gasteiger partial charge is 0.221 e. The summed E-state index contributed by atoms with van der Waals surface area (Å²) in [7, 11) is 1.61. The van der Waals surface area contributed by atoms with Crippen LogP contribution in [0, 0.1) is 5.41 Å². The number of aliphatic hydroxyl groups is 1. The predicted molar refractivity (Wildman–Crippen MR) is 67.9 cm³/mol. The number of hydrogen-bond donors (Lipinski definition) is 3. The lowest BCUT2D eigenvalue weighted by molar-refractivity contribution is -0.121. The van der Waals surface area contributed by atoms with Crippen LogP contribution in [0.4, 0.5) is 0 Å². The molecule has 0 aromatic rings. The molecule has 0 radical (unpaired) electrons. The number of carbonyl (C=O) groups excluding carboxylic acids is 1. The molecule has 0 aliphatic heterocycles. The van der Waals surface area contributed by atoms with Crippen LogP contribution in [0.5, 0.6) is 0 Å². The molecule has 0 bridgehead atoms. The molecular weight excluding hydrogens is 220 g/mol. The van der Waals surface area contributed by atoms with Gasteiger partial charge in [-0.25, -0.2) is 0 Å². The SMILES string of the molecule is CCC(C)(CO)CNCCC(=O)NCCOC. The average molecular weight is 246 g/mol. The zero-order chi connectivity index (χ0) is 13.1. The third kappa shape index (κ3) is 8.12. The Hall–Kier alpha value is -0.650. The summed E-state index contributed by atoms with van der Waals surface area (Å²) in [6, 6.07) is 0. The van der Waals surface area contributed by atoms with E-state index in [0.29, 0.717) is 26.1 Å². The van der Waals surface area contributed by atoms with Gasteiger partial charge in [0.05, 0.1) is 6.61 Å². The highest BCUT2D eigenvalue weighted by Gasteiger charge is 2.19. The molecule has 0 aliphatic rings. The first kappa shape index (κ1) is 16.4. The van der Waals surface area contributed by atoms with Gasteiger partial charge in [0, 0.05) is 45.2 Å². The summed E-state index contributed by atoms with van der Waals surface area (Å²) in [6.07, 6.45) is 1.37. The molecule has 0 fully saturated rings. The molecule has 0 spiro atoms. The molecule has 0 saturated heterocycles. The van der Waals surface area contributed by atoms with E-state index in [1.807, 2.05) is 6.92 Å². The summed E-state index contributed by atoms with van der Waals surface area (Å²) in [5.41, 5.74) is -0.0907. The minimum atomic E-state index is -0.0907. The van der Waals surface area contributed by atoms with E-state index in [2.05, 4.69) is 17.6 Å². The number of ether oxygens (including phenoxy) is 1. The zero-order valence-electron chi connectivity index (χ0n) is 11.2. The van der Waals surface area contributed by atoms with E-state index in [1.165, 1.54) is 0 Å². The zero-order valence-corrected chi connectivity index (χ0v) is 11.2. The molecular formula is C12H26N2O3. The number of amides is 1. The van der Waals surface area contributed by atoms with Crippen LogP contribution in [0.2, 0.25) is 0 Å². The lowest BCUT2D eigenvalue weighted by Crippen LogP contribution is -2.36. The van der Waals surface area contributed by atoms with Crippen molar-refractivity contribution in [2.75, 3.05) is 40.0 Å². The first-order valence-corrected chi connectivity index (χ1v) is 6.15. The van der Waals surface area contributed by atoms with Gasteiger partial charge in [-0.05, 0) is 6.42 Å². The van der Waals surface area contributed by atoms with Gasteiger partial charge in [-0.15, -0.1) is 0 Å². The Morgan fingerprint density at radius 1 is 1.41 bits per heavy atom. The highest BCUT2D eigenvalue weighted by molar-refractivity contribution is 5.75. The maximum Gasteiger partial charge on any atom is 0.221 e. The number of methoxy groups -OCH3 is 1. The fraction of sp³-hybridized carbons (Fsp3) is 0.917. The van der Waals surface area contributed by atoms with Crippen molar-refractivity contribution in [3.05, 3.63) is 0 Å².